The number of amidine groups is 1. The molecule has 1 aliphatic rings. The topological polar surface area (TPSA) is 69.2 Å². The minimum absolute atomic E-state index is 0.146. The maximum Gasteiger partial charge on any atom is 0.433 e. The van der Waals surface area contributed by atoms with Crippen molar-refractivity contribution in [3.63, 3.8) is 0 Å². The van der Waals surface area contributed by atoms with Crippen LogP contribution in [-0.4, -0.2) is 48.4 Å². The molecule has 5 nitrogen and oxygen atoms in total. The molecule has 0 spiro atoms. The molecular weight excluding hydrogens is 283 g/mol. The van der Waals surface area contributed by atoms with Crippen LogP contribution in [0.2, 0.25) is 0 Å². The highest BCUT2D eigenvalue weighted by Crippen LogP contribution is 2.30. The third-order valence-electron chi connectivity index (χ3n) is 3.57. The average molecular weight is 301 g/mol. The Balaban J connectivity index is 2.33. The lowest BCUT2D eigenvalue weighted by Crippen LogP contribution is -2.47. The summed E-state index contributed by atoms with van der Waals surface area (Å²) in [6, 6.07) is 2.09. The van der Waals surface area contributed by atoms with Crippen LogP contribution in [0.15, 0.2) is 12.1 Å². The van der Waals surface area contributed by atoms with Crippen molar-refractivity contribution in [2.75, 3.05) is 37.6 Å². The molecule has 2 heterocycles. The minimum Gasteiger partial charge on any atom is -0.384 e. The highest BCUT2D eigenvalue weighted by atomic mass is 19.4. The van der Waals surface area contributed by atoms with Gasteiger partial charge in [0, 0.05) is 26.2 Å². The van der Waals surface area contributed by atoms with Crippen LogP contribution in [0.5, 0.6) is 0 Å². The van der Waals surface area contributed by atoms with Crippen molar-refractivity contribution in [2.45, 2.75) is 13.1 Å². The molecule has 1 saturated heterocycles. The average Bonchev–Trinajstić information content (AvgIpc) is 2.45. The van der Waals surface area contributed by atoms with E-state index in [0.29, 0.717) is 13.1 Å². The number of pyridine rings is 1. The highest BCUT2D eigenvalue weighted by Gasteiger charge is 2.34. The predicted octanol–water partition coefficient (Wildman–Crippen LogP) is 1.53. The van der Waals surface area contributed by atoms with Gasteiger partial charge in [0.1, 0.15) is 17.3 Å². The molecule has 0 amide bonds. The summed E-state index contributed by atoms with van der Waals surface area (Å²) >= 11 is 0. The Kier molecular flexibility index (Phi) is 4.36. The molecule has 0 saturated carbocycles. The summed E-state index contributed by atoms with van der Waals surface area (Å²) < 4.78 is 38.4. The monoisotopic (exact) mass is 301 g/mol. The van der Waals surface area contributed by atoms with Crippen molar-refractivity contribution in [3.05, 3.63) is 23.4 Å². The molecule has 1 aliphatic heterocycles. The first-order chi connectivity index (χ1) is 9.82. The van der Waals surface area contributed by atoms with E-state index in [-0.39, 0.29) is 17.2 Å². The standard InChI is InChI=1S/C13H18F3N5/c1-2-20-5-7-21(8-6-20)12-9(11(17)18)3-4-10(19-12)13(14,15)16/h3-4H,2,5-8H2,1H3,(H3,17,18). The van der Waals surface area contributed by atoms with Gasteiger partial charge in [0.25, 0.3) is 0 Å². The summed E-state index contributed by atoms with van der Waals surface area (Å²) in [7, 11) is 0. The predicted molar refractivity (Wildman–Crippen MR) is 74.6 cm³/mol. The Bertz CT molecular complexity index is 521. The van der Waals surface area contributed by atoms with E-state index < -0.39 is 11.9 Å². The van der Waals surface area contributed by atoms with Gasteiger partial charge < -0.3 is 15.5 Å². The highest BCUT2D eigenvalue weighted by molar-refractivity contribution is 5.99. The second kappa shape index (κ2) is 5.88. The van der Waals surface area contributed by atoms with Crippen LogP contribution >= 0.6 is 0 Å². The molecule has 21 heavy (non-hydrogen) atoms. The number of hydrogen-bond acceptors (Lipinski definition) is 4. The number of alkyl halides is 3. The SMILES string of the molecule is CCN1CCN(c2nc(C(F)(F)F)ccc2C(=N)N)CC1. The van der Waals surface area contributed by atoms with Gasteiger partial charge in [-0.3, -0.25) is 5.41 Å². The number of aromatic nitrogens is 1. The van der Waals surface area contributed by atoms with E-state index >= 15 is 0 Å². The van der Waals surface area contributed by atoms with Crippen molar-refractivity contribution in [2.24, 2.45) is 5.73 Å². The van der Waals surface area contributed by atoms with Gasteiger partial charge in [-0.05, 0) is 18.7 Å². The molecule has 0 aromatic carbocycles. The summed E-state index contributed by atoms with van der Waals surface area (Å²) in [5.74, 6) is -0.128. The fourth-order valence-electron chi connectivity index (χ4n) is 2.33. The van der Waals surface area contributed by atoms with Crippen molar-refractivity contribution in [3.8, 4) is 0 Å². The summed E-state index contributed by atoms with van der Waals surface area (Å²) in [5, 5.41) is 7.52. The number of likely N-dealkylation sites (N-methyl/N-ethyl adjacent to an activating group) is 1. The van der Waals surface area contributed by atoms with Gasteiger partial charge in [0.15, 0.2) is 0 Å². The zero-order chi connectivity index (χ0) is 15.6. The second-order valence-corrected chi connectivity index (χ2v) is 4.90. The number of nitrogens with zero attached hydrogens (tertiary/aromatic N) is 3. The molecule has 0 bridgehead atoms. The zero-order valence-corrected chi connectivity index (χ0v) is 11.7. The Morgan fingerprint density at radius 2 is 1.90 bits per heavy atom. The van der Waals surface area contributed by atoms with E-state index in [2.05, 4.69) is 9.88 Å². The van der Waals surface area contributed by atoms with Crippen molar-refractivity contribution in [1.82, 2.24) is 9.88 Å². The van der Waals surface area contributed by atoms with Crippen molar-refractivity contribution in [1.29, 1.82) is 5.41 Å². The Hall–Kier alpha value is -1.83. The number of piperazine rings is 1. The molecule has 116 valence electrons. The van der Waals surface area contributed by atoms with Crippen LogP contribution in [0, 0.1) is 5.41 Å². The molecule has 8 heteroatoms. The van der Waals surface area contributed by atoms with Crippen LogP contribution in [0.4, 0.5) is 19.0 Å². The van der Waals surface area contributed by atoms with Gasteiger partial charge in [0.2, 0.25) is 0 Å². The number of nitrogens with two attached hydrogens (primary N) is 1. The number of hydrogen-bond donors (Lipinski definition) is 2. The summed E-state index contributed by atoms with van der Waals surface area (Å²) in [6.45, 7) is 5.60. The third-order valence-corrected chi connectivity index (χ3v) is 3.57. The number of nitrogens with one attached hydrogen (secondary N) is 1. The largest absolute Gasteiger partial charge is 0.433 e. The summed E-state index contributed by atoms with van der Waals surface area (Å²) in [5.41, 5.74) is 4.74. The molecule has 0 aliphatic carbocycles. The van der Waals surface area contributed by atoms with Gasteiger partial charge in [-0.2, -0.15) is 13.2 Å². The first kappa shape index (κ1) is 15.6. The minimum atomic E-state index is -4.50. The van der Waals surface area contributed by atoms with E-state index in [1.807, 2.05) is 6.92 Å². The number of halogens is 3. The number of rotatable bonds is 3. The molecule has 3 N–H and O–H groups in total. The van der Waals surface area contributed by atoms with E-state index in [9.17, 15) is 13.2 Å². The molecule has 0 unspecified atom stereocenters. The first-order valence-electron chi connectivity index (χ1n) is 6.73. The summed E-state index contributed by atoms with van der Waals surface area (Å²) in [4.78, 5) is 7.67. The normalized spacial score (nSPS) is 17.0. The van der Waals surface area contributed by atoms with E-state index in [1.165, 1.54) is 6.07 Å². The third kappa shape index (κ3) is 3.44. The zero-order valence-electron chi connectivity index (χ0n) is 11.7. The van der Waals surface area contributed by atoms with E-state index in [4.69, 9.17) is 11.1 Å². The number of nitrogen functional groups attached to an aromatic ring is 1. The van der Waals surface area contributed by atoms with E-state index in [1.54, 1.807) is 4.90 Å². The lowest BCUT2D eigenvalue weighted by molar-refractivity contribution is -0.141. The Morgan fingerprint density at radius 1 is 1.29 bits per heavy atom. The van der Waals surface area contributed by atoms with Gasteiger partial charge in [0.05, 0.1) is 5.56 Å². The van der Waals surface area contributed by atoms with Gasteiger partial charge in [-0.15, -0.1) is 0 Å². The molecular formula is C13H18F3N5. The molecule has 1 aromatic rings. The summed E-state index contributed by atoms with van der Waals surface area (Å²) in [6.07, 6.45) is -4.50. The van der Waals surface area contributed by atoms with Crippen LogP contribution in [0.1, 0.15) is 18.2 Å². The maximum atomic E-state index is 12.8. The molecule has 1 aromatic heterocycles. The quantitative estimate of drug-likeness (QED) is 0.656. The second-order valence-electron chi connectivity index (χ2n) is 4.90. The smallest absolute Gasteiger partial charge is 0.384 e. The van der Waals surface area contributed by atoms with Crippen LogP contribution < -0.4 is 10.6 Å². The number of anilines is 1. The van der Waals surface area contributed by atoms with Gasteiger partial charge in [-0.25, -0.2) is 4.98 Å². The van der Waals surface area contributed by atoms with Gasteiger partial charge in [-0.1, -0.05) is 6.92 Å². The van der Waals surface area contributed by atoms with Crippen LogP contribution in [-0.2, 0) is 6.18 Å². The first-order valence-corrected chi connectivity index (χ1v) is 6.73. The maximum absolute atomic E-state index is 12.8. The van der Waals surface area contributed by atoms with Gasteiger partial charge >= 0.3 is 6.18 Å². The fourth-order valence-corrected chi connectivity index (χ4v) is 2.33. The van der Waals surface area contributed by atoms with Crippen LogP contribution in [0.25, 0.3) is 0 Å². The molecule has 0 radical (unpaired) electrons. The van der Waals surface area contributed by atoms with E-state index in [0.717, 1.165) is 25.7 Å². The Labute approximate surface area is 121 Å². The molecule has 0 atom stereocenters. The van der Waals surface area contributed by atoms with Crippen LogP contribution in [0.3, 0.4) is 0 Å². The molecule has 2 rings (SSSR count). The molecule has 1 fully saturated rings. The lowest BCUT2D eigenvalue weighted by Gasteiger charge is -2.35. The fraction of sp³-hybridized carbons (Fsp3) is 0.538. The van der Waals surface area contributed by atoms with Crippen molar-refractivity contribution >= 4 is 11.7 Å². The van der Waals surface area contributed by atoms with Crippen molar-refractivity contribution < 1.29 is 13.2 Å². The lowest BCUT2D eigenvalue weighted by atomic mass is 10.1. The Morgan fingerprint density at radius 3 is 2.38 bits per heavy atom.